The highest BCUT2D eigenvalue weighted by Crippen LogP contribution is 2.24. The molecule has 2 aromatic rings. The van der Waals surface area contributed by atoms with Gasteiger partial charge >= 0.3 is 5.97 Å². The Balaban J connectivity index is 2.65. The van der Waals surface area contributed by atoms with Gasteiger partial charge in [0.15, 0.2) is 0 Å². The van der Waals surface area contributed by atoms with Crippen LogP contribution in [0.4, 0.5) is 5.69 Å². The molecule has 8 nitrogen and oxygen atoms in total. The lowest BCUT2D eigenvalue weighted by Crippen LogP contribution is -2.20. The molecule has 0 radical (unpaired) electrons. The minimum Gasteiger partial charge on any atom is -0.476 e. The van der Waals surface area contributed by atoms with Crippen LogP contribution >= 0.6 is 0 Å². The van der Waals surface area contributed by atoms with Crippen LogP contribution in [0.25, 0.3) is 5.69 Å². The first kappa shape index (κ1) is 14.4. The summed E-state index contributed by atoms with van der Waals surface area (Å²) in [5.41, 5.74) is 0.0945. The van der Waals surface area contributed by atoms with Crippen LogP contribution in [-0.4, -0.2) is 25.8 Å². The van der Waals surface area contributed by atoms with E-state index in [4.69, 9.17) is 5.11 Å². The first-order valence-corrected chi connectivity index (χ1v) is 5.90. The summed E-state index contributed by atoms with van der Waals surface area (Å²) in [7, 11) is 0. The van der Waals surface area contributed by atoms with E-state index < -0.39 is 22.0 Å². The van der Waals surface area contributed by atoms with Crippen molar-refractivity contribution in [2.24, 2.45) is 0 Å². The lowest BCUT2D eigenvalue weighted by Gasteiger charge is -2.10. The van der Waals surface area contributed by atoms with Gasteiger partial charge in [-0.05, 0) is 25.5 Å². The van der Waals surface area contributed by atoms with E-state index in [1.54, 1.807) is 13.8 Å². The van der Waals surface area contributed by atoms with Gasteiger partial charge in [0.1, 0.15) is 0 Å². The van der Waals surface area contributed by atoms with Crippen LogP contribution in [-0.2, 0) is 0 Å². The predicted molar refractivity (Wildman–Crippen MR) is 72.9 cm³/mol. The monoisotopic (exact) mass is 289 g/mol. The molecule has 0 spiro atoms. The fraction of sp³-hybridized carbons (Fsp3) is 0.154. The van der Waals surface area contributed by atoms with E-state index in [-0.39, 0.29) is 5.69 Å². The number of hydrogen-bond acceptors (Lipinski definition) is 5. The average Bonchev–Trinajstić information content (AvgIpc) is 2.41. The second-order valence-electron chi connectivity index (χ2n) is 4.46. The number of rotatable bonds is 3. The van der Waals surface area contributed by atoms with Crippen LogP contribution in [0.3, 0.4) is 0 Å². The summed E-state index contributed by atoms with van der Waals surface area (Å²) < 4.78 is 1.22. The molecule has 0 fully saturated rings. The lowest BCUT2D eigenvalue weighted by atomic mass is 10.1. The third kappa shape index (κ3) is 2.64. The summed E-state index contributed by atoms with van der Waals surface area (Å²) in [4.78, 5) is 32.7. The Morgan fingerprint density at radius 1 is 1.33 bits per heavy atom. The molecule has 1 heterocycles. The molecule has 21 heavy (non-hydrogen) atoms. The normalized spacial score (nSPS) is 10.4. The van der Waals surface area contributed by atoms with Gasteiger partial charge < -0.3 is 5.11 Å². The second-order valence-corrected chi connectivity index (χ2v) is 4.46. The summed E-state index contributed by atoms with van der Waals surface area (Å²) in [5, 5.41) is 23.5. The average molecular weight is 289 g/mol. The Bertz CT molecular complexity index is 810. The van der Waals surface area contributed by atoms with Gasteiger partial charge in [0.05, 0.1) is 10.6 Å². The van der Waals surface area contributed by atoms with E-state index >= 15 is 0 Å². The highest BCUT2D eigenvalue weighted by atomic mass is 16.6. The van der Waals surface area contributed by atoms with Crippen molar-refractivity contribution in [3.8, 4) is 5.69 Å². The molecule has 8 heteroatoms. The number of benzene rings is 1. The first-order chi connectivity index (χ1) is 9.81. The largest absolute Gasteiger partial charge is 0.476 e. The standard InChI is InChI=1S/C13H11N3O5/c1-7-6-10(16(20)21)8(2)5-9(7)15-4-3-11(17)12(14-15)13(18)19/h3-6H,1-2H3,(H,18,19). The number of aromatic nitrogens is 2. The van der Waals surface area contributed by atoms with Crippen LogP contribution in [0, 0.1) is 24.0 Å². The van der Waals surface area contributed by atoms with Gasteiger partial charge in [-0.2, -0.15) is 5.10 Å². The second kappa shape index (κ2) is 5.16. The van der Waals surface area contributed by atoms with Gasteiger partial charge in [0.2, 0.25) is 11.1 Å². The number of carbonyl (C=O) groups is 1. The van der Waals surface area contributed by atoms with Gasteiger partial charge in [-0.1, -0.05) is 0 Å². The number of aromatic carboxylic acids is 1. The maximum Gasteiger partial charge on any atom is 0.360 e. The van der Waals surface area contributed by atoms with Crippen molar-refractivity contribution in [2.45, 2.75) is 13.8 Å². The Kier molecular flexibility index (Phi) is 3.53. The third-order valence-corrected chi connectivity index (χ3v) is 2.97. The number of nitro groups is 1. The number of nitrogens with zero attached hydrogens (tertiary/aromatic N) is 3. The highest BCUT2D eigenvalue weighted by Gasteiger charge is 2.16. The Morgan fingerprint density at radius 3 is 2.57 bits per heavy atom. The highest BCUT2D eigenvalue weighted by molar-refractivity contribution is 5.84. The quantitative estimate of drug-likeness (QED) is 0.675. The van der Waals surface area contributed by atoms with E-state index in [0.717, 1.165) is 6.07 Å². The number of nitro benzene ring substituents is 1. The Hall–Kier alpha value is -3.03. The Morgan fingerprint density at radius 2 is 2.00 bits per heavy atom. The molecular formula is C13H11N3O5. The molecule has 1 aromatic heterocycles. The maximum atomic E-state index is 11.4. The van der Waals surface area contributed by atoms with E-state index in [9.17, 15) is 19.7 Å². The molecule has 0 aliphatic heterocycles. The van der Waals surface area contributed by atoms with Gasteiger partial charge in [-0.3, -0.25) is 14.9 Å². The third-order valence-electron chi connectivity index (χ3n) is 2.97. The number of carboxylic acids is 1. The molecule has 0 unspecified atom stereocenters. The van der Waals surface area contributed by atoms with Crippen molar-refractivity contribution in [1.29, 1.82) is 0 Å². The van der Waals surface area contributed by atoms with Crippen LogP contribution in [0.2, 0.25) is 0 Å². The molecule has 1 N–H and O–H groups in total. The van der Waals surface area contributed by atoms with Crippen LogP contribution in [0.5, 0.6) is 0 Å². The summed E-state index contributed by atoms with van der Waals surface area (Å²) in [6.07, 6.45) is 1.32. The maximum absolute atomic E-state index is 11.4. The van der Waals surface area contributed by atoms with Crippen molar-refractivity contribution in [2.75, 3.05) is 0 Å². The number of hydrogen-bond donors (Lipinski definition) is 1. The van der Waals surface area contributed by atoms with E-state index in [1.807, 2.05) is 0 Å². The first-order valence-electron chi connectivity index (χ1n) is 5.90. The lowest BCUT2D eigenvalue weighted by molar-refractivity contribution is -0.385. The van der Waals surface area contributed by atoms with Crippen LogP contribution in [0.15, 0.2) is 29.2 Å². The van der Waals surface area contributed by atoms with Crippen molar-refractivity contribution in [1.82, 2.24) is 9.78 Å². The molecule has 0 aliphatic rings. The molecular weight excluding hydrogens is 278 g/mol. The van der Waals surface area contributed by atoms with Gasteiger partial charge in [0.25, 0.3) is 5.69 Å². The molecule has 0 saturated heterocycles. The summed E-state index contributed by atoms with van der Waals surface area (Å²) in [5.74, 6) is -1.43. The Labute approximate surface area is 118 Å². The smallest absolute Gasteiger partial charge is 0.360 e. The topological polar surface area (TPSA) is 115 Å². The number of aryl methyl sites for hydroxylation is 2. The SMILES string of the molecule is Cc1cc([N+](=O)[O-])c(C)cc1-n1ccc(=O)c(C(=O)O)n1. The molecule has 0 atom stereocenters. The fourth-order valence-corrected chi connectivity index (χ4v) is 1.92. The van der Waals surface area contributed by atoms with E-state index in [1.165, 1.54) is 23.0 Å². The molecule has 1 aromatic carbocycles. The molecule has 2 rings (SSSR count). The predicted octanol–water partition coefficient (Wildman–Crippen LogP) is 1.46. The molecule has 0 bridgehead atoms. The van der Waals surface area contributed by atoms with Crippen molar-refractivity contribution >= 4 is 11.7 Å². The summed E-state index contributed by atoms with van der Waals surface area (Å²) >= 11 is 0. The van der Waals surface area contributed by atoms with Crippen LogP contribution in [0.1, 0.15) is 21.6 Å². The minimum absolute atomic E-state index is 0.0317. The van der Waals surface area contributed by atoms with E-state index in [0.29, 0.717) is 16.8 Å². The van der Waals surface area contributed by atoms with Gasteiger partial charge in [-0.15, -0.1) is 0 Å². The van der Waals surface area contributed by atoms with E-state index in [2.05, 4.69) is 5.10 Å². The summed E-state index contributed by atoms with van der Waals surface area (Å²) in [6.45, 7) is 3.21. The van der Waals surface area contributed by atoms with Crippen LogP contribution < -0.4 is 5.43 Å². The summed E-state index contributed by atoms with van der Waals surface area (Å²) in [6, 6.07) is 3.99. The van der Waals surface area contributed by atoms with Gasteiger partial charge in [0, 0.05) is 23.9 Å². The molecule has 0 saturated carbocycles. The zero-order valence-corrected chi connectivity index (χ0v) is 11.2. The van der Waals surface area contributed by atoms with Crippen molar-refractivity contribution in [3.05, 3.63) is 61.6 Å². The fourth-order valence-electron chi connectivity index (χ4n) is 1.92. The molecule has 108 valence electrons. The zero-order valence-electron chi connectivity index (χ0n) is 11.2. The molecule has 0 amide bonds. The van der Waals surface area contributed by atoms with Crippen molar-refractivity contribution in [3.63, 3.8) is 0 Å². The zero-order chi connectivity index (χ0) is 15.7. The number of carboxylic acid groups (broad SMARTS) is 1. The van der Waals surface area contributed by atoms with Crippen molar-refractivity contribution < 1.29 is 14.8 Å². The molecule has 0 aliphatic carbocycles. The van der Waals surface area contributed by atoms with Gasteiger partial charge in [-0.25, -0.2) is 9.48 Å². The minimum atomic E-state index is -1.43.